The number of rotatable bonds is 2. The summed E-state index contributed by atoms with van der Waals surface area (Å²) in [5.74, 6) is 0.805. The molecule has 1 aromatic rings. The highest BCUT2D eigenvalue weighted by Crippen LogP contribution is 2.27. The van der Waals surface area contributed by atoms with E-state index in [1.54, 1.807) is 0 Å². The number of fused-ring (bicyclic) bond motifs is 1. The van der Waals surface area contributed by atoms with E-state index < -0.39 is 0 Å². The van der Waals surface area contributed by atoms with E-state index in [2.05, 4.69) is 39.7 Å². The molecule has 2 aliphatic rings. The molecule has 2 unspecified atom stereocenters. The molecule has 0 bridgehead atoms. The zero-order valence-electron chi connectivity index (χ0n) is 12.1. The summed E-state index contributed by atoms with van der Waals surface area (Å²) in [6.45, 7) is 7.06. The summed E-state index contributed by atoms with van der Waals surface area (Å²) in [5, 5.41) is 3.55. The second kappa shape index (κ2) is 5.53. The van der Waals surface area contributed by atoms with Crippen molar-refractivity contribution < 1.29 is 4.79 Å². The van der Waals surface area contributed by atoms with E-state index >= 15 is 0 Å². The number of piperidine rings is 1. The SMILES string of the molecule is CC(C)n1cc(Br)cc1C(=O)N1CC2CCCNC2C1. The topological polar surface area (TPSA) is 37.3 Å². The van der Waals surface area contributed by atoms with Gasteiger partial charge in [-0.3, -0.25) is 4.79 Å². The molecule has 2 aliphatic heterocycles. The quantitative estimate of drug-likeness (QED) is 0.899. The molecule has 0 radical (unpaired) electrons. The number of halogens is 1. The van der Waals surface area contributed by atoms with Crippen LogP contribution in [0.5, 0.6) is 0 Å². The molecule has 0 aromatic carbocycles. The van der Waals surface area contributed by atoms with Gasteiger partial charge < -0.3 is 14.8 Å². The zero-order valence-corrected chi connectivity index (χ0v) is 13.7. The van der Waals surface area contributed by atoms with Crippen molar-refractivity contribution in [2.75, 3.05) is 19.6 Å². The van der Waals surface area contributed by atoms with E-state index in [4.69, 9.17) is 0 Å². The minimum absolute atomic E-state index is 0.167. The van der Waals surface area contributed by atoms with Crippen molar-refractivity contribution in [1.82, 2.24) is 14.8 Å². The summed E-state index contributed by atoms with van der Waals surface area (Å²) in [7, 11) is 0. The molecule has 3 heterocycles. The fourth-order valence-corrected chi connectivity index (χ4v) is 3.86. The first-order chi connectivity index (χ1) is 9.56. The Balaban J connectivity index is 1.79. The summed E-state index contributed by atoms with van der Waals surface area (Å²) in [6, 6.07) is 2.74. The van der Waals surface area contributed by atoms with Gasteiger partial charge in [-0.25, -0.2) is 0 Å². The van der Waals surface area contributed by atoms with Crippen molar-refractivity contribution in [3.05, 3.63) is 22.4 Å². The van der Waals surface area contributed by atoms with Crippen LogP contribution in [0.4, 0.5) is 0 Å². The van der Waals surface area contributed by atoms with Gasteiger partial charge in [-0.15, -0.1) is 0 Å². The Kier molecular flexibility index (Phi) is 3.91. The molecule has 110 valence electrons. The maximum absolute atomic E-state index is 12.8. The van der Waals surface area contributed by atoms with Crippen molar-refractivity contribution in [2.24, 2.45) is 5.92 Å². The lowest BCUT2D eigenvalue weighted by atomic mass is 9.94. The Morgan fingerprint density at radius 2 is 2.25 bits per heavy atom. The van der Waals surface area contributed by atoms with Gasteiger partial charge in [0, 0.05) is 35.8 Å². The minimum atomic E-state index is 0.167. The predicted octanol–water partition coefficient (Wildman–Crippen LogP) is 2.66. The molecule has 3 rings (SSSR count). The third kappa shape index (κ3) is 2.53. The first-order valence-electron chi connectivity index (χ1n) is 7.46. The fourth-order valence-electron chi connectivity index (χ4n) is 3.42. The van der Waals surface area contributed by atoms with Gasteiger partial charge in [-0.1, -0.05) is 0 Å². The van der Waals surface area contributed by atoms with Crippen molar-refractivity contribution in [3.8, 4) is 0 Å². The number of nitrogens with one attached hydrogen (secondary N) is 1. The molecular formula is C15H22BrN3O. The summed E-state index contributed by atoms with van der Waals surface area (Å²) in [5.41, 5.74) is 0.797. The summed E-state index contributed by atoms with van der Waals surface area (Å²) < 4.78 is 3.03. The lowest BCUT2D eigenvalue weighted by Gasteiger charge is -2.24. The normalized spacial score (nSPS) is 26.1. The number of carbonyl (C=O) groups is 1. The molecular weight excluding hydrogens is 318 g/mol. The molecule has 5 heteroatoms. The van der Waals surface area contributed by atoms with Crippen LogP contribution in [0, 0.1) is 5.92 Å². The van der Waals surface area contributed by atoms with Crippen LogP contribution >= 0.6 is 15.9 Å². The summed E-state index contributed by atoms with van der Waals surface area (Å²) in [6.07, 6.45) is 4.48. The summed E-state index contributed by atoms with van der Waals surface area (Å²) >= 11 is 3.49. The first-order valence-corrected chi connectivity index (χ1v) is 8.25. The van der Waals surface area contributed by atoms with Gasteiger partial charge in [0.25, 0.3) is 5.91 Å². The highest BCUT2D eigenvalue weighted by molar-refractivity contribution is 9.10. The Labute approximate surface area is 128 Å². The van der Waals surface area contributed by atoms with E-state index in [9.17, 15) is 4.79 Å². The van der Waals surface area contributed by atoms with Crippen molar-refractivity contribution in [1.29, 1.82) is 0 Å². The average molecular weight is 340 g/mol. The first kappa shape index (κ1) is 14.1. The number of amides is 1. The number of hydrogen-bond acceptors (Lipinski definition) is 2. The van der Waals surface area contributed by atoms with Gasteiger partial charge in [-0.2, -0.15) is 0 Å². The maximum atomic E-state index is 12.8. The molecule has 1 aromatic heterocycles. The van der Waals surface area contributed by atoms with Gasteiger partial charge in [0.15, 0.2) is 0 Å². The van der Waals surface area contributed by atoms with Crippen LogP contribution in [-0.2, 0) is 0 Å². The monoisotopic (exact) mass is 339 g/mol. The molecule has 0 saturated carbocycles. The highest BCUT2D eigenvalue weighted by atomic mass is 79.9. The van der Waals surface area contributed by atoms with Gasteiger partial charge in [0.1, 0.15) is 5.69 Å². The van der Waals surface area contributed by atoms with Gasteiger partial charge in [0.05, 0.1) is 0 Å². The third-order valence-corrected chi connectivity index (χ3v) is 4.91. The van der Waals surface area contributed by atoms with E-state index in [0.717, 1.165) is 29.8 Å². The number of likely N-dealkylation sites (tertiary alicyclic amines) is 1. The molecule has 2 atom stereocenters. The molecule has 1 amide bonds. The Hall–Kier alpha value is -0.810. The Morgan fingerprint density at radius 1 is 1.45 bits per heavy atom. The van der Waals surface area contributed by atoms with Crippen LogP contribution in [0.15, 0.2) is 16.7 Å². The molecule has 1 N–H and O–H groups in total. The van der Waals surface area contributed by atoms with Crippen LogP contribution in [-0.4, -0.2) is 41.1 Å². The molecule has 0 aliphatic carbocycles. The van der Waals surface area contributed by atoms with E-state index in [1.165, 1.54) is 12.8 Å². The third-order valence-electron chi connectivity index (χ3n) is 4.48. The molecule has 20 heavy (non-hydrogen) atoms. The molecule has 2 fully saturated rings. The Morgan fingerprint density at radius 3 is 2.95 bits per heavy atom. The van der Waals surface area contributed by atoms with Crippen LogP contribution < -0.4 is 5.32 Å². The van der Waals surface area contributed by atoms with Crippen molar-refractivity contribution in [3.63, 3.8) is 0 Å². The standard InChI is InChI=1S/C15H22BrN3O/c1-10(2)19-8-12(16)6-14(19)15(20)18-7-11-4-3-5-17-13(11)9-18/h6,8,10-11,13,17H,3-5,7,9H2,1-2H3. The van der Waals surface area contributed by atoms with Crippen molar-refractivity contribution in [2.45, 2.75) is 38.8 Å². The number of nitrogens with zero attached hydrogens (tertiary/aromatic N) is 2. The lowest BCUT2D eigenvalue weighted by Crippen LogP contribution is -2.41. The summed E-state index contributed by atoms with van der Waals surface area (Å²) in [4.78, 5) is 14.8. The highest BCUT2D eigenvalue weighted by Gasteiger charge is 2.37. The molecule has 2 saturated heterocycles. The van der Waals surface area contributed by atoms with Gasteiger partial charge in [0.2, 0.25) is 0 Å². The number of aromatic nitrogens is 1. The smallest absolute Gasteiger partial charge is 0.270 e. The van der Waals surface area contributed by atoms with E-state index in [-0.39, 0.29) is 5.91 Å². The predicted molar refractivity (Wildman–Crippen MR) is 82.9 cm³/mol. The zero-order chi connectivity index (χ0) is 14.3. The second-order valence-corrected chi connectivity index (χ2v) is 7.13. The maximum Gasteiger partial charge on any atom is 0.270 e. The van der Waals surface area contributed by atoms with Crippen LogP contribution in [0.2, 0.25) is 0 Å². The van der Waals surface area contributed by atoms with Crippen LogP contribution in [0.3, 0.4) is 0 Å². The molecule has 0 spiro atoms. The van der Waals surface area contributed by atoms with Crippen LogP contribution in [0.25, 0.3) is 0 Å². The fraction of sp³-hybridized carbons (Fsp3) is 0.667. The van der Waals surface area contributed by atoms with E-state index in [1.807, 2.05) is 17.2 Å². The van der Waals surface area contributed by atoms with Gasteiger partial charge in [-0.05, 0) is 61.1 Å². The molecule has 4 nitrogen and oxygen atoms in total. The number of carbonyl (C=O) groups excluding carboxylic acids is 1. The van der Waals surface area contributed by atoms with Crippen molar-refractivity contribution >= 4 is 21.8 Å². The number of hydrogen-bond donors (Lipinski definition) is 1. The lowest BCUT2D eigenvalue weighted by molar-refractivity contribution is 0.0773. The largest absolute Gasteiger partial charge is 0.340 e. The van der Waals surface area contributed by atoms with Crippen LogP contribution in [0.1, 0.15) is 43.2 Å². The average Bonchev–Trinajstić information content (AvgIpc) is 3.01. The second-order valence-electron chi connectivity index (χ2n) is 6.22. The Bertz CT molecular complexity index is 497. The van der Waals surface area contributed by atoms with E-state index in [0.29, 0.717) is 18.0 Å². The minimum Gasteiger partial charge on any atom is -0.340 e. The van der Waals surface area contributed by atoms with Gasteiger partial charge >= 0.3 is 0 Å².